The SMILES string of the molecule is CCC(CN)CC(=O)NC(CC(=O)O)C(C)(C)C. The van der Waals surface area contributed by atoms with Crippen LogP contribution in [0.25, 0.3) is 0 Å². The number of carboxylic acids is 1. The topological polar surface area (TPSA) is 92.4 Å². The Kier molecular flexibility index (Phi) is 6.91. The maximum atomic E-state index is 11.9. The Morgan fingerprint density at radius 2 is 1.83 bits per heavy atom. The van der Waals surface area contributed by atoms with Gasteiger partial charge in [0, 0.05) is 12.5 Å². The normalized spacial score (nSPS) is 14.9. The van der Waals surface area contributed by atoms with Crippen LogP contribution in [0.3, 0.4) is 0 Å². The lowest BCUT2D eigenvalue weighted by Gasteiger charge is -2.30. The lowest BCUT2D eigenvalue weighted by molar-refractivity contribution is -0.138. The van der Waals surface area contributed by atoms with Crippen LogP contribution in [-0.2, 0) is 9.59 Å². The molecule has 0 radical (unpaired) electrons. The van der Waals surface area contributed by atoms with Crippen LogP contribution in [0, 0.1) is 11.3 Å². The van der Waals surface area contributed by atoms with Gasteiger partial charge in [-0.2, -0.15) is 0 Å². The molecule has 0 bridgehead atoms. The summed E-state index contributed by atoms with van der Waals surface area (Å²) in [4.78, 5) is 22.7. The van der Waals surface area contributed by atoms with Gasteiger partial charge in [-0.3, -0.25) is 9.59 Å². The van der Waals surface area contributed by atoms with E-state index >= 15 is 0 Å². The largest absolute Gasteiger partial charge is 0.481 e. The van der Waals surface area contributed by atoms with Crippen molar-refractivity contribution < 1.29 is 14.7 Å². The van der Waals surface area contributed by atoms with Crippen molar-refractivity contribution in [1.82, 2.24) is 5.32 Å². The smallest absolute Gasteiger partial charge is 0.305 e. The summed E-state index contributed by atoms with van der Waals surface area (Å²) in [6, 6.07) is -0.363. The van der Waals surface area contributed by atoms with Gasteiger partial charge in [0.05, 0.1) is 6.42 Å². The molecule has 5 heteroatoms. The maximum absolute atomic E-state index is 11.9. The van der Waals surface area contributed by atoms with Gasteiger partial charge in [0.15, 0.2) is 0 Å². The van der Waals surface area contributed by atoms with E-state index in [2.05, 4.69) is 5.32 Å². The number of rotatable bonds is 7. The predicted molar refractivity (Wildman–Crippen MR) is 71.1 cm³/mol. The van der Waals surface area contributed by atoms with Crippen molar-refractivity contribution in [2.75, 3.05) is 6.54 Å². The van der Waals surface area contributed by atoms with Crippen LogP contribution in [0.2, 0.25) is 0 Å². The first-order chi connectivity index (χ1) is 8.20. The summed E-state index contributed by atoms with van der Waals surface area (Å²) in [5, 5.41) is 11.7. The third-order valence-electron chi connectivity index (χ3n) is 3.14. The fourth-order valence-corrected chi connectivity index (χ4v) is 1.66. The van der Waals surface area contributed by atoms with Gasteiger partial charge in [-0.05, 0) is 17.9 Å². The highest BCUT2D eigenvalue weighted by Crippen LogP contribution is 2.22. The van der Waals surface area contributed by atoms with Crippen LogP contribution in [0.15, 0.2) is 0 Å². The molecule has 5 nitrogen and oxygen atoms in total. The molecule has 0 aliphatic heterocycles. The van der Waals surface area contributed by atoms with Crippen LogP contribution in [0.4, 0.5) is 0 Å². The van der Waals surface area contributed by atoms with E-state index in [1.165, 1.54) is 0 Å². The maximum Gasteiger partial charge on any atom is 0.305 e. The molecule has 0 rings (SSSR count). The summed E-state index contributed by atoms with van der Waals surface area (Å²) in [6.45, 7) is 8.22. The highest BCUT2D eigenvalue weighted by atomic mass is 16.4. The average Bonchev–Trinajstić information content (AvgIpc) is 2.23. The van der Waals surface area contributed by atoms with Gasteiger partial charge in [-0.1, -0.05) is 34.1 Å². The number of nitrogens with two attached hydrogens (primary N) is 1. The summed E-state index contributed by atoms with van der Waals surface area (Å²) >= 11 is 0. The second-order valence-electron chi connectivity index (χ2n) is 5.80. The fraction of sp³-hybridized carbons (Fsp3) is 0.846. The number of carboxylic acid groups (broad SMARTS) is 1. The molecule has 1 amide bonds. The Labute approximate surface area is 109 Å². The summed E-state index contributed by atoms with van der Waals surface area (Å²) in [6.07, 6.45) is 1.15. The van der Waals surface area contributed by atoms with E-state index in [1.54, 1.807) is 0 Å². The van der Waals surface area contributed by atoms with Gasteiger partial charge in [0.1, 0.15) is 0 Å². The minimum Gasteiger partial charge on any atom is -0.481 e. The molecular weight excluding hydrogens is 232 g/mol. The Morgan fingerprint density at radius 1 is 1.28 bits per heavy atom. The number of carbonyl (C=O) groups is 2. The van der Waals surface area contributed by atoms with E-state index in [-0.39, 0.29) is 29.7 Å². The van der Waals surface area contributed by atoms with Crippen molar-refractivity contribution in [2.24, 2.45) is 17.1 Å². The van der Waals surface area contributed by atoms with Crippen molar-refractivity contribution in [1.29, 1.82) is 0 Å². The number of aliphatic carboxylic acids is 1. The molecule has 106 valence electrons. The van der Waals surface area contributed by atoms with Gasteiger partial charge < -0.3 is 16.2 Å². The van der Waals surface area contributed by atoms with Crippen molar-refractivity contribution in [3.8, 4) is 0 Å². The van der Waals surface area contributed by atoms with Gasteiger partial charge in [0.25, 0.3) is 0 Å². The van der Waals surface area contributed by atoms with E-state index in [0.717, 1.165) is 6.42 Å². The number of hydrogen-bond donors (Lipinski definition) is 3. The van der Waals surface area contributed by atoms with Gasteiger partial charge in [-0.25, -0.2) is 0 Å². The summed E-state index contributed by atoms with van der Waals surface area (Å²) in [7, 11) is 0. The monoisotopic (exact) mass is 258 g/mol. The molecule has 0 aromatic carbocycles. The molecule has 0 saturated heterocycles. The van der Waals surface area contributed by atoms with E-state index < -0.39 is 5.97 Å². The molecule has 18 heavy (non-hydrogen) atoms. The molecule has 0 aliphatic rings. The molecule has 0 saturated carbocycles. The summed E-state index contributed by atoms with van der Waals surface area (Å²) < 4.78 is 0. The Morgan fingerprint density at radius 3 is 2.17 bits per heavy atom. The first-order valence-corrected chi connectivity index (χ1v) is 6.41. The molecule has 0 aromatic rings. The van der Waals surface area contributed by atoms with E-state index in [0.29, 0.717) is 13.0 Å². The third kappa shape index (κ3) is 6.59. The third-order valence-corrected chi connectivity index (χ3v) is 3.14. The van der Waals surface area contributed by atoms with Crippen LogP contribution in [0.5, 0.6) is 0 Å². The molecular formula is C13H26N2O3. The van der Waals surface area contributed by atoms with Gasteiger partial charge in [0.2, 0.25) is 5.91 Å². The molecule has 4 N–H and O–H groups in total. The zero-order chi connectivity index (χ0) is 14.3. The predicted octanol–water partition coefficient (Wildman–Crippen LogP) is 1.37. The Bertz CT molecular complexity index is 280. The molecule has 0 aromatic heterocycles. The Hall–Kier alpha value is -1.10. The number of nitrogens with one attached hydrogen (secondary N) is 1. The lowest BCUT2D eigenvalue weighted by atomic mass is 9.84. The summed E-state index contributed by atoms with van der Waals surface area (Å²) in [5.41, 5.74) is 5.28. The molecule has 0 spiro atoms. The summed E-state index contributed by atoms with van der Waals surface area (Å²) in [5.74, 6) is -0.856. The second kappa shape index (κ2) is 7.36. The second-order valence-corrected chi connectivity index (χ2v) is 5.80. The van der Waals surface area contributed by atoms with Crippen LogP contribution in [-0.4, -0.2) is 29.6 Å². The molecule has 0 aliphatic carbocycles. The quantitative estimate of drug-likeness (QED) is 0.643. The number of amides is 1. The number of hydrogen-bond acceptors (Lipinski definition) is 3. The van der Waals surface area contributed by atoms with Crippen molar-refractivity contribution in [2.45, 2.75) is 53.0 Å². The molecule has 0 heterocycles. The standard InChI is InChI=1S/C13H26N2O3/c1-5-9(8-14)6-11(16)15-10(7-12(17)18)13(2,3)4/h9-10H,5-8,14H2,1-4H3,(H,15,16)(H,17,18). The zero-order valence-electron chi connectivity index (χ0n) is 11.8. The minimum atomic E-state index is -0.902. The van der Waals surface area contributed by atoms with Crippen LogP contribution < -0.4 is 11.1 Å². The first-order valence-electron chi connectivity index (χ1n) is 6.41. The van der Waals surface area contributed by atoms with Crippen LogP contribution in [0.1, 0.15) is 47.0 Å². The van der Waals surface area contributed by atoms with Crippen molar-refractivity contribution >= 4 is 11.9 Å². The van der Waals surface area contributed by atoms with Gasteiger partial charge in [-0.15, -0.1) is 0 Å². The zero-order valence-corrected chi connectivity index (χ0v) is 11.8. The lowest BCUT2D eigenvalue weighted by Crippen LogP contribution is -2.45. The molecule has 0 fully saturated rings. The van der Waals surface area contributed by atoms with E-state index in [1.807, 2.05) is 27.7 Å². The fourth-order valence-electron chi connectivity index (χ4n) is 1.66. The van der Waals surface area contributed by atoms with Crippen molar-refractivity contribution in [3.05, 3.63) is 0 Å². The Balaban J connectivity index is 4.49. The minimum absolute atomic E-state index is 0.0609. The molecule has 2 atom stereocenters. The number of carbonyl (C=O) groups excluding carboxylic acids is 1. The van der Waals surface area contributed by atoms with Gasteiger partial charge >= 0.3 is 5.97 Å². The molecule has 2 unspecified atom stereocenters. The highest BCUT2D eigenvalue weighted by Gasteiger charge is 2.28. The average molecular weight is 258 g/mol. The van der Waals surface area contributed by atoms with Crippen LogP contribution >= 0.6 is 0 Å². The first kappa shape index (κ1) is 16.9. The highest BCUT2D eigenvalue weighted by molar-refractivity contribution is 5.77. The van der Waals surface area contributed by atoms with Crippen molar-refractivity contribution in [3.63, 3.8) is 0 Å². The van der Waals surface area contributed by atoms with E-state index in [4.69, 9.17) is 10.8 Å². The van der Waals surface area contributed by atoms with E-state index in [9.17, 15) is 9.59 Å².